The monoisotopic (exact) mass is 429 g/mol. The number of nitrogens with one attached hydrogen (secondary N) is 1. The van der Waals surface area contributed by atoms with Crippen molar-refractivity contribution in [1.29, 1.82) is 0 Å². The highest BCUT2D eigenvalue weighted by atomic mass is 32.2. The number of benzene rings is 2. The molecule has 3 aromatic rings. The smallest absolute Gasteiger partial charge is 0.240 e. The van der Waals surface area contributed by atoms with Crippen LogP contribution in [0.15, 0.2) is 53.4 Å². The van der Waals surface area contributed by atoms with Crippen molar-refractivity contribution in [3.63, 3.8) is 0 Å². The third-order valence-corrected chi connectivity index (χ3v) is 7.75. The fourth-order valence-electron chi connectivity index (χ4n) is 3.59. The summed E-state index contributed by atoms with van der Waals surface area (Å²) in [5.74, 6) is -0.0432. The molecule has 0 saturated carbocycles. The molecule has 8 heteroatoms. The third-order valence-electron chi connectivity index (χ3n) is 5.13. The minimum atomic E-state index is -3.61. The second kappa shape index (κ2) is 8.22. The van der Waals surface area contributed by atoms with E-state index in [2.05, 4.69) is 4.72 Å². The Kier molecular flexibility index (Phi) is 5.67. The van der Waals surface area contributed by atoms with Crippen molar-refractivity contribution >= 4 is 37.5 Å². The standard InChI is InChI=1S/C21H23N3O3S2/c1-15-8-10-16(11-9-15)29(26,27)22-13-12-20(25)24-14-4-6-18(24)21-23-17-5-2-3-7-19(17)28-21/h2-3,5,7-11,18,22H,4,6,12-14H2,1H3/t18-/m0/s1. The number of carbonyl (C=O) groups is 1. The van der Waals surface area contributed by atoms with Crippen molar-refractivity contribution in [2.24, 2.45) is 0 Å². The van der Waals surface area contributed by atoms with Crippen molar-refractivity contribution in [1.82, 2.24) is 14.6 Å². The van der Waals surface area contributed by atoms with Gasteiger partial charge in [0.25, 0.3) is 0 Å². The number of hydrogen-bond acceptors (Lipinski definition) is 5. The predicted octanol–water partition coefficient (Wildman–Crippen LogP) is 3.64. The molecule has 2 aromatic carbocycles. The number of hydrogen-bond donors (Lipinski definition) is 1. The lowest BCUT2D eigenvalue weighted by molar-refractivity contribution is -0.131. The highest BCUT2D eigenvalue weighted by Gasteiger charge is 2.32. The van der Waals surface area contributed by atoms with Gasteiger partial charge in [0.15, 0.2) is 0 Å². The summed E-state index contributed by atoms with van der Waals surface area (Å²) in [6.45, 7) is 2.67. The first-order valence-corrected chi connectivity index (χ1v) is 12.0. The number of amides is 1. The van der Waals surface area contributed by atoms with Gasteiger partial charge in [-0.2, -0.15) is 0 Å². The summed E-state index contributed by atoms with van der Waals surface area (Å²) >= 11 is 1.63. The number of fused-ring (bicyclic) bond motifs is 1. The molecule has 152 valence electrons. The first-order valence-electron chi connectivity index (χ1n) is 9.65. The van der Waals surface area contributed by atoms with E-state index in [0.29, 0.717) is 6.54 Å². The molecule has 1 fully saturated rings. The summed E-state index contributed by atoms with van der Waals surface area (Å²) in [5.41, 5.74) is 1.95. The van der Waals surface area contributed by atoms with Crippen molar-refractivity contribution < 1.29 is 13.2 Å². The number of aryl methyl sites for hydroxylation is 1. The van der Waals surface area contributed by atoms with Crippen LogP contribution in [0, 0.1) is 6.92 Å². The van der Waals surface area contributed by atoms with Gasteiger partial charge in [-0.05, 0) is 44.0 Å². The van der Waals surface area contributed by atoms with E-state index < -0.39 is 10.0 Å². The zero-order valence-electron chi connectivity index (χ0n) is 16.2. The molecule has 1 aliphatic rings. The summed E-state index contributed by atoms with van der Waals surface area (Å²) in [7, 11) is -3.61. The Balaban J connectivity index is 1.39. The molecule has 1 aliphatic heterocycles. The molecule has 0 unspecified atom stereocenters. The predicted molar refractivity (Wildman–Crippen MR) is 114 cm³/mol. The zero-order valence-corrected chi connectivity index (χ0v) is 17.8. The highest BCUT2D eigenvalue weighted by Crippen LogP contribution is 2.36. The maximum atomic E-state index is 12.8. The van der Waals surface area contributed by atoms with Crippen LogP contribution in [-0.4, -0.2) is 37.3 Å². The van der Waals surface area contributed by atoms with E-state index in [0.717, 1.165) is 33.6 Å². The van der Waals surface area contributed by atoms with Crippen molar-refractivity contribution in [2.75, 3.05) is 13.1 Å². The average molecular weight is 430 g/mol. The summed E-state index contributed by atoms with van der Waals surface area (Å²) in [4.78, 5) is 19.5. The number of likely N-dealkylation sites (tertiary alicyclic amines) is 1. The normalized spacial score (nSPS) is 17.1. The topological polar surface area (TPSA) is 79.4 Å². The maximum absolute atomic E-state index is 12.8. The second-order valence-corrected chi connectivity index (χ2v) is 10.1. The van der Waals surface area contributed by atoms with Crippen molar-refractivity contribution in [3.05, 3.63) is 59.1 Å². The Morgan fingerprint density at radius 3 is 2.72 bits per heavy atom. The number of sulfonamides is 1. The average Bonchev–Trinajstić information content (AvgIpc) is 3.34. The van der Waals surface area contributed by atoms with Gasteiger partial charge in [0.2, 0.25) is 15.9 Å². The number of para-hydroxylation sites is 1. The van der Waals surface area contributed by atoms with E-state index >= 15 is 0 Å². The minimum Gasteiger partial charge on any atom is -0.333 e. The minimum absolute atomic E-state index is 0.0198. The fraction of sp³-hybridized carbons (Fsp3) is 0.333. The molecule has 0 spiro atoms. The molecule has 4 rings (SSSR count). The van der Waals surface area contributed by atoms with E-state index in [1.54, 1.807) is 35.6 Å². The third kappa shape index (κ3) is 4.34. The van der Waals surface area contributed by atoms with E-state index in [-0.39, 0.29) is 29.8 Å². The van der Waals surface area contributed by atoms with Gasteiger partial charge >= 0.3 is 0 Å². The molecule has 1 N–H and O–H groups in total. The van der Waals surface area contributed by atoms with E-state index in [1.165, 1.54) is 0 Å². The number of nitrogens with zero attached hydrogens (tertiary/aromatic N) is 2. The van der Waals surface area contributed by atoms with E-state index in [1.807, 2.05) is 36.1 Å². The van der Waals surface area contributed by atoms with Crippen LogP contribution in [0.2, 0.25) is 0 Å². The van der Waals surface area contributed by atoms with Gasteiger partial charge in [-0.1, -0.05) is 29.8 Å². The van der Waals surface area contributed by atoms with Crippen LogP contribution in [0.3, 0.4) is 0 Å². The first kappa shape index (κ1) is 20.0. The van der Waals surface area contributed by atoms with Crippen LogP contribution in [0.1, 0.15) is 35.9 Å². The largest absolute Gasteiger partial charge is 0.333 e. The molecule has 0 radical (unpaired) electrons. The molecule has 0 bridgehead atoms. The molecule has 1 atom stereocenters. The van der Waals surface area contributed by atoms with Gasteiger partial charge in [0, 0.05) is 19.5 Å². The molecule has 1 amide bonds. The van der Waals surface area contributed by atoms with Crippen LogP contribution in [-0.2, 0) is 14.8 Å². The zero-order chi connectivity index (χ0) is 20.4. The number of carbonyl (C=O) groups excluding carboxylic acids is 1. The molecular weight excluding hydrogens is 406 g/mol. The Bertz CT molecular complexity index is 1090. The van der Waals surface area contributed by atoms with Crippen LogP contribution < -0.4 is 4.72 Å². The summed E-state index contributed by atoms with van der Waals surface area (Å²) in [5, 5.41) is 0.956. The van der Waals surface area contributed by atoms with E-state index in [4.69, 9.17) is 4.98 Å². The Morgan fingerprint density at radius 1 is 1.21 bits per heavy atom. The Labute approximate surface area is 174 Å². The molecule has 0 aliphatic carbocycles. The van der Waals surface area contributed by atoms with Gasteiger partial charge in [0.1, 0.15) is 5.01 Å². The lowest BCUT2D eigenvalue weighted by Gasteiger charge is -2.23. The van der Waals surface area contributed by atoms with Crippen LogP contribution in [0.25, 0.3) is 10.2 Å². The molecule has 6 nitrogen and oxygen atoms in total. The summed E-state index contributed by atoms with van der Waals surface area (Å²) in [6.07, 6.45) is 1.95. The molecular formula is C21H23N3O3S2. The van der Waals surface area contributed by atoms with Crippen LogP contribution in [0.5, 0.6) is 0 Å². The van der Waals surface area contributed by atoms with Crippen LogP contribution in [0.4, 0.5) is 0 Å². The van der Waals surface area contributed by atoms with Crippen LogP contribution >= 0.6 is 11.3 Å². The van der Waals surface area contributed by atoms with Crippen molar-refractivity contribution in [3.8, 4) is 0 Å². The van der Waals surface area contributed by atoms with Gasteiger partial charge in [0.05, 0.1) is 21.2 Å². The van der Waals surface area contributed by atoms with Gasteiger partial charge in [-0.25, -0.2) is 18.1 Å². The van der Waals surface area contributed by atoms with Crippen molar-refractivity contribution in [2.45, 2.75) is 37.1 Å². The second-order valence-electron chi connectivity index (χ2n) is 7.23. The Hall–Kier alpha value is -2.29. The number of rotatable bonds is 6. The van der Waals surface area contributed by atoms with Gasteiger partial charge < -0.3 is 4.90 Å². The lowest BCUT2D eigenvalue weighted by atomic mass is 10.2. The highest BCUT2D eigenvalue weighted by molar-refractivity contribution is 7.89. The SMILES string of the molecule is Cc1ccc(S(=O)(=O)NCCC(=O)N2CCC[C@H]2c2nc3ccccc3s2)cc1. The fourth-order valence-corrected chi connectivity index (χ4v) is 5.74. The molecule has 1 saturated heterocycles. The molecule has 1 aromatic heterocycles. The maximum Gasteiger partial charge on any atom is 0.240 e. The lowest BCUT2D eigenvalue weighted by Crippen LogP contribution is -2.34. The van der Waals surface area contributed by atoms with Gasteiger partial charge in [-0.3, -0.25) is 4.79 Å². The summed E-state index contributed by atoms with van der Waals surface area (Å²) < 4.78 is 28.4. The quantitative estimate of drug-likeness (QED) is 0.649. The first-order chi connectivity index (χ1) is 13.9. The number of aromatic nitrogens is 1. The molecule has 2 heterocycles. The molecule has 29 heavy (non-hydrogen) atoms. The van der Waals surface area contributed by atoms with Gasteiger partial charge in [-0.15, -0.1) is 11.3 Å². The summed E-state index contributed by atoms with van der Waals surface area (Å²) in [6, 6.07) is 14.6. The number of thiazole rings is 1. The Morgan fingerprint density at radius 2 is 1.97 bits per heavy atom. The van der Waals surface area contributed by atoms with E-state index in [9.17, 15) is 13.2 Å².